The first kappa shape index (κ1) is 43.9. The molecule has 0 radical (unpaired) electrons. The summed E-state index contributed by atoms with van der Waals surface area (Å²) in [6.07, 6.45) is 10.1. The molecule has 0 aliphatic heterocycles. The van der Waals surface area contributed by atoms with Crippen LogP contribution >= 0.6 is 0 Å². The zero-order valence-electron chi connectivity index (χ0n) is 29.1. The Hall–Kier alpha value is -1.09. The minimum Gasteiger partial charge on any atom is -0.444 e. The highest BCUT2D eigenvalue weighted by molar-refractivity contribution is 5.67. The number of hydrogen-bond donors (Lipinski definition) is 1. The average molecular weight is 654 g/mol. The van der Waals surface area contributed by atoms with Crippen LogP contribution in [-0.4, -0.2) is 137 Å². The van der Waals surface area contributed by atoms with Gasteiger partial charge in [0.15, 0.2) is 0 Å². The molecule has 0 aromatic carbocycles. The Kier molecular flexibility index (Phi) is 34.9. The van der Waals surface area contributed by atoms with E-state index in [1.165, 1.54) is 44.9 Å². The van der Waals surface area contributed by atoms with Crippen molar-refractivity contribution in [3.8, 4) is 0 Å². The standard InChI is InChI=1S/C33H67NO11/c1-5-6-7-8-9-10-11-12-14-36-16-18-38-20-22-40-24-26-42-28-30-44-31-29-43-27-25-41-23-21-39-19-17-37-15-13-34-32(35)45-33(2,3)4/h5-31H2,1-4H3,(H,34,35). The van der Waals surface area contributed by atoms with Crippen molar-refractivity contribution in [3.63, 3.8) is 0 Å². The predicted molar refractivity (Wildman–Crippen MR) is 174 cm³/mol. The highest BCUT2D eigenvalue weighted by Gasteiger charge is 2.15. The Morgan fingerprint density at radius 1 is 0.422 bits per heavy atom. The van der Waals surface area contributed by atoms with E-state index in [0.717, 1.165) is 13.0 Å². The van der Waals surface area contributed by atoms with Gasteiger partial charge in [0.05, 0.1) is 112 Å². The van der Waals surface area contributed by atoms with Gasteiger partial charge in [-0.15, -0.1) is 0 Å². The van der Waals surface area contributed by atoms with E-state index in [2.05, 4.69) is 12.2 Å². The Morgan fingerprint density at radius 2 is 0.711 bits per heavy atom. The van der Waals surface area contributed by atoms with E-state index in [1.807, 2.05) is 20.8 Å². The minimum absolute atomic E-state index is 0.389. The first-order chi connectivity index (χ1) is 22.0. The molecule has 0 saturated heterocycles. The summed E-state index contributed by atoms with van der Waals surface area (Å²) in [6.45, 7) is 17.7. The number of ether oxygens (including phenoxy) is 10. The number of carbonyl (C=O) groups excluding carboxylic acids is 1. The van der Waals surface area contributed by atoms with Gasteiger partial charge in [-0.2, -0.15) is 0 Å². The molecule has 1 N–H and O–H groups in total. The fourth-order valence-corrected chi connectivity index (χ4v) is 3.74. The summed E-state index contributed by atoms with van der Waals surface area (Å²) < 4.78 is 54.5. The number of carbonyl (C=O) groups is 1. The lowest BCUT2D eigenvalue weighted by molar-refractivity contribution is -0.0250. The molecule has 0 aliphatic carbocycles. The Morgan fingerprint density at radius 3 is 1.04 bits per heavy atom. The quantitative estimate of drug-likeness (QED) is 0.0939. The molecule has 0 atom stereocenters. The average Bonchev–Trinajstić information content (AvgIpc) is 3.00. The van der Waals surface area contributed by atoms with E-state index in [4.69, 9.17) is 47.4 Å². The SMILES string of the molecule is CCCCCCCCCCOCCOCCOCCOCCOCCOCCOCCOCCOCCNC(=O)OC(C)(C)C. The lowest BCUT2D eigenvalue weighted by Gasteiger charge is -2.19. The van der Waals surface area contributed by atoms with Gasteiger partial charge in [0, 0.05) is 13.2 Å². The monoisotopic (exact) mass is 653 g/mol. The van der Waals surface area contributed by atoms with Crippen molar-refractivity contribution in [3.05, 3.63) is 0 Å². The van der Waals surface area contributed by atoms with Gasteiger partial charge in [-0.1, -0.05) is 51.9 Å². The maximum atomic E-state index is 11.5. The number of nitrogens with one attached hydrogen (secondary N) is 1. The number of amides is 1. The van der Waals surface area contributed by atoms with Gasteiger partial charge in [-0.25, -0.2) is 4.79 Å². The highest BCUT2D eigenvalue weighted by Crippen LogP contribution is 2.08. The van der Waals surface area contributed by atoms with Crippen LogP contribution in [0.3, 0.4) is 0 Å². The second-order valence-corrected chi connectivity index (χ2v) is 11.4. The molecular formula is C33H67NO11. The van der Waals surface area contributed by atoms with Crippen molar-refractivity contribution in [1.82, 2.24) is 5.32 Å². The molecule has 12 heteroatoms. The maximum absolute atomic E-state index is 11.5. The molecule has 0 saturated carbocycles. The lowest BCUT2D eigenvalue weighted by Crippen LogP contribution is -2.34. The summed E-state index contributed by atoms with van der Waals surface area (Å²) in [5, 5.41) is 2.63. The largest absolute Gasteiger partial charge is 0.444 e. The number of alkyl carbamates (subject to hydrolysis) is 1. The molecule has 1 amide bonds. The van der Waals surface area contributed by atoms with Crippen LogP contribution < -0.4 is 5.32 Å². The van der Waals surface area contributed by atoms with Gasteiger partial charge < -0.3 is 52.7 Å². The zero-order chi connectivity index (χ0) is 32.9. The maximum Gasteiger partial charge on any atom is 0.407 e. The molecule has 0 aliphatic rings. The predicted octanol–water partition coefficient (Wildman–Crippen LogP) is 4.80. The molecule has 12 nitrogen and oxygen atoms in total. The van der Waals surface area contributed by atoms with Crippen molar-refractivity contribution in [2.45, 2.75) is 84.7 Å². The van der Waals surface area contributed by atoms with E-state index in [-0.39, 0.29) is 0 Å². The van der Waals surface area contributed by atoms with Crippen LogP contribution in [-0.2, 0) is 47.4 Å². The molecule has 0 bridgehead atoms. The molecule has 0 spiro atoms. The lowest BCUT2D eigenvalue weighted by atomic mass is 10.1. The second-order valence-electron chi connectivity index (χ2n) is 11.4. The number of unbranched alkanes of at least 4 members (excludes halogenated alkanes) is 7. The van der Waals surface area contributed by atoms with Crippen LogP contribution in [0.4, 0.5) is 4.79 Å². The molecule has 0 heterocycles. The van der Waals surface area contributed by atoms with Crippen molar-refractivity contribution in [2.75, 3.05) is 125 Å². The van der Waals surface area contributed by atoms with Gasteiger partial charge in [0.1, 0.15) is 5.60 Å². The van der Waals surface area contributed by atoms with Crippen LogP contribution in [0.1, 0.15) is 79.1 Å². The second kappa shape index (κ2) is 35.8. The Bertz CT molecular complexity index is 593. The molecule has 0 aromatic heterocycles. The third-order valence-corrected chi connectivity index (χ3v) is 6.03. The summed E-state index contributed by atoms with van der Waals surface area (Å²) in [6, 6.07) is 0. The molecule has 0 unspecified atom stereocenters. The Balaban J connectivity index is 3.09. The van der Waals surface area contributed by atoms with E-state index in [1.54, 1.807) is 0 Å². The third-order valence-electron chi connectivity index (χ3n) is 6.03. The van der Waals surface area contributed by atoms with Crippen LogP contribution in [0.2, 0.25) is 0 Å². The molecule has 0 rings (SSSR count). The molecule has 270 valence electrons. The summed E-state index contributed by atoms with van der Waals surface area (Å²) in [5.41, 5.74) is -0.506. The van der Waals surface area contributed by atoms with Gasteiger partial charge in [0.2, 0.25) is 0 Å². The van der Waals surface area contributed by atoms with Crippen LogP contribution in [0.5, 0.6) is 0 Å². The highest BCUT2D eigenvalue weighted by atomic mass is 16.6. The Labute approximate surface area is 273 Å². The normalized spacial score (nSPS) is 11.7. The first-order valence-corrected chi connectivity index (χ1v) is 17.1. The van der Waals surface area contributed by atoms with Crippen molar-refractivity contribution >= 4 is 6.09 Å². The van der Waals surface area contributed by atoms with Crippen LogP contribution in [0, 0.1) is 0 Å². The van der Waals surface area contributed by atoms with Crippen LogP contribution in [0.15, 0.2) is 0 Å². The van der Waals surface area contributed by atoms with Gasteiger partial charge in [-0.3, -0.25) is 0 Å². The fraction of sp³-hybridized carbons (Fsp3) is 0.970. The summed E-state index contributed by atoms with van der Waals surface area (Å²) in [7, 11) is 0. The van der Waals surface area contributed by atoms with E-state index >= 15 is 0 Å². The van der Waals surface area contributed by atoms with E-state index in [0.29, 0.717) is 119 Å². The molecule has 0 fully saturated rings. The number of hydrogen-bond acceptors (Lipinski definition) is 11. The topological polar surface area (TPSA) is 121 Å². The molecular weight excluding hydrogens is 586 g/mol. The molecule has 0 aromatic rings. The summed E-state index contributed by atoms with van der Waals surface area (Å²) in [4.78, 5) is 11.5. The van der Waals surface area contributed by atoms with Crippen molar-refractivity contribution in [1.29, 1.82) is 0 Å². The van der Waals surface area contributed by atoms with Gasteiger partial charge in [0.25, 0.3) is 0 Å². The first-order valence-electron chi connectivity index (χ1n) is 17.1. The van der Waals surface area contributed by atoms with E-state index < -0.39 is 11.7 Å². The minimum atomic E-state index is -0.506. The van der Waals surface area contributed by atoms with Crippen molar-refractivity contribution in [2.24, 2.45) is 0 Å². The summed E-state index contributed by atoms with van der Waals surface area (Å²) in [5.74, 6) is 0. The smallest absolute Gasteiger partial charge is 0.407 e. The molecule has 45 heavy (non-hydrogen) atoms. The third kappa shape index (κ3) is 40.9. The van der Waals surface area contributed by atoms with Gasteiger partial charge >= 0.3 is 6.09 Å². The summed E-state index contributed by atoms with van der Waals surface area (Å²) >= 11 is 0. The van der Waals surface area contributed by atoms with E-state index in [9.17, 15) is 4.79 Å². The zero-order valence-corrected chi connectivity index (χ0v) is 29.1. The van der Waals surface area contributed by atoms with Crippen LogP contribution in [0.25, 0.3) is 0 Å². The number of rotatable bonds is 36. The van der Waals surface area contributed by atoms with Gasteiger partial charge in [-0.05, 0) is 27.2 Å². The van der Waals surface area contributed by atoms with Crippen molar-refractivity contribution < 1.29 is 52.2 Å². The fourth-order valence-electron chi connectivity index (χ4n) is 3.74.